The Bertz CT molecular complexity index is 2310. The van der Waals surface area contributed by atoms with E-state index in [4.69, 9.17) is 15.7 Å². The van der Waals surface area contributed by atoms with Gasteiger partial charge in [-0.1, -0.05) is 12.1 Å². The van der Waals surface area contributed by atoms with Crippen molar-refractivity contribution in [1.82, 2.24) is 34.6 Å². The van der Waals surface area contributed by atoms with Crippen LogP contribution in [-0.2, 0) is 6.54 Å². The number of carboxylic acid groups (broad SMARTS) is 1. The van der Waals surface area contributed by atoms with Crippen molar-refractivity contribution in [2.75, 3.05) is 5.73 Å². The summed E-state index contributed by atoms with van der Waals surface area (Å²) in [5.41, 5.74) is 12.9. The number of hydrogen-bond donors (Lipinski definition) is 3. The molecule has 0 aliphatic heterocycles. The number of carbonyl (C=O) groups is 2. The Hall–Kier alpha value is -6.69. The number of carboxylic acids is 1. The average molecular weight is 639 g/mol. The van der Waals surface area contributed by atoms with Crippen LogP contribution in [0.15, 0.2) is 109 Å². The lowest BCUT2D eigenvalue weighted by molar-refractivity contribution is 0.0689. The van der Waals surface area contributed by atoms with Gasteiger partial charge in [0, 0.05) is 35.2 Å². The second kappa shape index (κ2) is 12.2. The molecule has 12 heteroatoms. The summed E-state index contributed by atoms with van der Waals surface area (Å²) in [5, 5.41) is 16.3. The number of halogens is 1. The number of nitrogens with one attached hydrogen (secondary N) is 1. The second-order valence-corrected chi connectivity index (χ2v) is 11.0. The van der Waals surface area contributed by atoms with Gasteiger partial charge >= 0.3 is 5.97 Å². The first-order valence-electron chi connectivity index (χ1n) is 14.9. The predicted molar refractivity (Wildman–Crippen MR) is 178 cm³/mol. The van der Waals surface area contributed by atoms with Crippen molar-refractivity contribution in [2.24, 2.45) is 0 Å². The van der Waals surface area contributed by atoms with Gasteiger partial charge in [-0.05, 0) is 103 Å². The monoisotopic (exact) mass is 638 g/mol. The van der Waals surface area contributed by atoms with E-state index in [-0.39, 0.29) is 24.0 Å². The van der Waals surface area contributed by atoms with Crippen molar-refractivity contribution in [1.29, 1.82) is 0 Å². The van der Waals surface area contributed by atoms with Gasteiger partial charge in [0.25, 0.3) is 5.91 Å². The normalized spacial score (nSPS) is 11.1. The van der Waals surface area contributed by atoms with Crippen molar-refractivity contribution in [3.8, 4) is 34.0 Å². The van der Waals surface area contributed by atoms with Crippen LogP contribution in [0.4, 0.5) is 10.2 Å². The minimum Gasteiger partial charge on any atom is -0.476 e. The van der Waals surface area contributed by atoms with Gasteiger partial charge in [-0.25, -0.2) is 28.8 Å². The fourth-order valence-electron chi connectivity index (χ4n) is 5.41. The van der Waals surface area contributed by atoms with Crippen molar-refractivity contribution < 1.29 is 19.1 Å². The highest BCUT2D eigenvalue weighted by molar-refractivity contribution is 5.94. The molecule has 4 heterocycles. The van der Waals surface area contributed by atoms with E-state index < -0.39 is 5.97 Å². The molecular formula is C36H27FN8O3. The molecule has 4 N–H and O–H groups in total. The third-order valence-electron chi connectivity index (χ3n) is 7.85. The summed E-state index contributed by atoms with van der Waals surface area (Å²) in [6, 6.07) is 29.4. The van der Waals surface area contributed by atoms with Crippen LogP contribution < -0.4 is 11.1 Å². The minimum atomic E-state index is -1.11. The molecule has 0 fully saturated rings. The van der Waals surface area contributed by atoms with Crippen LogP contribution >= 0.6 is 0 Å². The van der Waals surface area contributed by atoms with Crippen molar-refractivity contribution in [2.45, 2.75) is 13.5 Å². The number of amides is 1. The van der Waals surface area contributed by atoms with Gasteiger partial charge in [-0.3, -0.25) is 9.36 Å². The van der Waals surface area contributed by atoms with E-state index in [1.807, 2.05) is 47.0 Å². The van der Waals surface area contributed by atoms with E-state index in [2.05, 4.69) is 15.4 Å². The van der Waals surface area contributed by atoms with Crippen LogP contribution in [0.2, 0.25) is 0 Å². The third kappa shape index (κ3) is 5.73. The fraction of sp³-hybridized carbons (Fsp3) is 0.0556. The number of aryl methyl sites for hydroxylation is 1. The molecule has 3 aromatic carbocycles. The van der Waals surface area contributed by atoms with E-state index in [9.17, 15) is 19.1 Å². The number of nitrogens with two attached hydrogens (primary N) is 1. The number of carbonyl (C=O) groups excluding carboxylic acids is 1. The zero-order valence-electron chi connectivity index (χ0n) is 25.5. The molecule has 7 rings (SSSR count). The number of nitrogens with zero attached hydrogens (tertiary/aromatic N) is 6. The molecule has 0 saturated heterocycles. The van der Waals surface area contributed by atoms with Crippen LogP contribution in [-0.4, -0.2) is 46.3 Å². The van der Waals surface area contributed by atoms with Gasteiger partial charge in [0.15, 0.2) is 17.2 Å². The first-order chi connectivity index (χ1) is 23.2. The number of benzene rings is 3. The van der Waals surface area contributed by atoms with Gasteiger partial charge in [-0.15, -0.1) is 0 Å². The lowest BCUT2D eigenvalue weighted by Crippen LogP contribution is -2.22. The Kier molecular flexibility index (Phi) is 7.65. The Morgan fingerprint density at radius 1 is 0.896 bits per heavy atom. The highest BCUT2D eigenvalue weighted by Gasteiger charge is 2.19. The molecule has 0 unspecified atom stereocenters. The molecule has 0 radical (unpaired) electrons. The van der Waals surface area contributed by atoms with E-state index in [0.717, 1.165) is 16.8 Å². The number of nitrogen functional groups attached to an aromatic ring is 1. The van der Waals surface area contributed by atoms with Gasteiger partial charge in [-0.2, -0.15) is 5.10 Å². The number of pyridine rings is 2. The standard InChI is InChI=1S/C36H27FN8O3/c1-21-19-31(36(47)48)43-45(21)27-14-8-24(9-15-27)35(46)40-20-22-4-12-26(13-5-22)44-33(28-3-2-18-39-32(28)38)42-30-17-16-29(41-34(30)44)23-6-10-25(37)11-7-23/h2-19H,20H2,1H3,(H2,38,39)(H,40,46)(H,47,48). The number of aromatic carboxylic acids is 1. The van der Waals surface area contributed by atoms with Gasteiger partial charge in [0.05, 0.1) is 16.9 Å². The number of imidazole rings is 1. The van der Waals surface area contributed by atoms with Gasteiger partial charge in [0.1, 0.15) is 17.2 Å². The first kappa shape index (κ1) is 30.0. The lowest BCUT2D eigenvalue weighted by atomic mass is 10.1. The third-order valence-corrected chi connectivity index (χ3v) is 7.85. The maximum atomic E-state index is 13.6. The molecular weight excluding hydrogens is 611 g/mol. The molecule has 0 bridgehead atoms. The van der Waals surface area contributed by atoms with Gasteiger partial charge < -0.3 is 16.2 Å². The summed E-state index contributed by atoms with van der Waals surface area (Å²) < 4.78 is 17.0. The van der Waals surface area contributed by atoms with Gasteiger partial charge in [0.2, 0.25) is 0 Å². The summed E-state index contributed by atoms with van der Waals surface area (Å²) >= 11 is 0. The highest BCUT2D eigenvalue weighted by atomic mass is 19.1. The van der Waals surface area contributed by atoms with Crippen LogP contribution in [0.25, 0.3) is 45.2 Å². The highest BCUT2D eigenvalue weighted by Crippen LogP contribution is 2.32. The zero-order chi connectivity index (χ0) is 33.4. The molecule has 0 atom stereocenters. The maximum absolute atomic E-state index is 13.6. The average Bonchev–Trinajstić information content (AvgIpc) is 3.68. The van der Waals surface area contributed by atoms with E-state index in [1.165, 1.54) is 22.9 Å². The zero-order valence-corrected chi connectivity index (χ0v) is 25.5. The summed E-state index contributed by atoms with van der Waals surface area (Å²) in [7, 11) is 0. The molecule has 0 spiro atoms. The topological polar surface area (TPSA) is 154 Å². The Morgan fingerprint density at radius 3 is 2.31 bits per heavy atom. The summed E-state index contributed by atoms with van der Waals surface area (Å²) in [6.07, 6.45) is 1.62. The quantitative estimate of drug-likeness (QED) is 0.183. The number of hydrogen-bond acceptors (Lipinski definition) is 7. The van der Waals surface area contributed by atoms with Crippen LogP contribution in [0.1, 0.15) is 32.1 Å². The molecule has 7 aromatic rings. The Balaban J connectivity index is 1.14. The Morgan fingerprint density at radius 2 is 1.62 bits per heavy atom. The molecule has 0 saturated carbocycles. The van der Waals surface area contributed by atoms with Crippen LogP contribution in [0.3, 0.4) is 0 Å². The van der Waals surface area contributed by atoms with Crippen LogP contribution in [0, 0.1) is 12.7 Å². The summed E-state index contributed by atoms with van der Waals surface area (Å²) in [4.78, 5) is 38.2. The molecule has 4 aromatic heterocycles. The molecule has 0 aliphatic rings. The second-order valence-electron chi connectivity index (χ2n) is 11.0. The fourth-order valence-corrected chi connectivity index (χ4v) is 5.41. The first-order valence-corrected chi connectivity index (χ1v) is 14.9. The number of anilines is 1. The number of fused-ring (bicyclic) bond motifs is 1. The van der Waals surface area contributed by atoms with E-state index in [0.29, 0.717) is 51.0 Å². The molecule has 236 valence electrons. The SMILES string of the molecule is Cc1cc(C(=O)O)nn1-c1ccc(C(=O)NCc2ccc(-n3c(-c4cccnc4N)nc4ccc(-c5ccc(F)cc5)nc43)cc2)cc1. The van der Waals surface area contributed by atoms with Crippen molar-refractivity contribution in [3.05, 3.63) is 138 Å². The van der Waals surface area contributed by atoms with E-state index in [1.54, 1.807) is 55.6 Å². The predicted octanol–water partition coefficient (Wildman–Crippen LogP) is 5.99. The largest absolute Gasteiger partial charge is 0.476 e. The maximum Gasteiger partial charge on any atom is 0.356 e. The molecule has 0 aliphatic carbocycles. The number of aromatic nitrogens is 6. The summed E-state index contributed by atoms with van der Waals surface area (Å²) in [5.74, 6) is -0.808. The Labute approximate surface area is 273 Å². The molecule has 11 nitrogen and oxygen atoms in total. The summed E-state index contributed by atoms with van der Waals surface area (Å²) in [6.45, 7) is 2.04. The van der Waals surface area contributed by atoms with Crippen molar-refractivity contribution >= 4 is 28.9 Å². The molecule has 1 amide bonds. The van der Waals surface area contributed by atoms with Crippen molar-refractivity contribution in [3.63, 3.8) is 0 Å². The smallest absolute Gasteiger partial charge is 0.356 e. The molecule has 48 heavy (non-hydrogen) atoms. The number of rotatable bonds is 8. The lowest BCUT2D eigenvalue weighted by Gasteiger charge is -2.12. The minimum absolute atomic E-state index is 0.0509. The van der Waals surface area contributed by atoms with E-state index >= 15 is 0 Å². The van der Waals surface area contributed by atoms with Crippen LogP contribution in [0.5, 0.6) is 0 Å².